The highest BCUT2D eigenvalue weighted by Gasteiger charge is 2.21. The van der Waals surface area contributed by atoms with E-state index in [9.17, 15) is 18.6 Å². The van der Waals surface area contributed by atoms with E-state index in [1.54, 1.807) is 13.2 Å². The summed E-state index contributed by atoms with van der Waals surface area (Å²) >= 11 is 0. The molecule has 3 N–H and O–H groups in total. The molecule has 0 aliphatic heterocycles. The SMILES string of the molecule is COC(=O)CC[C@H](NC(=O)NCCC(C)S(C)=O)C(=O)O. The van der Waals surface area contributed by atoms with Gasteiger partial charge in [-0.3, -0.25) is 9.00 Å². The largest absolute Gasteiger partial charge is 0.480 e. The first-order chi connectivity index (χ1) is 9.77. The zero-order chi connectivity index (χ0) is 16.4. The number of hydrogen-bond donors (Lipinski definition) is 3. The highest BCUT2D eigenvalue weighted by Crippen LogP contribution is 2.00. The van der Waals surface area contributed by atoms with Crippen LogP contribution in [0.2, 0.25) is 0 Å². The van der Waals surface area contributed by atoms with Crippen molar-refractivity contribution in [3.63, 3.8) is 0 Å². The Bertz CT molecular complexity index is 401. The minimum absolute atomic E-state index is 0.0508. The molecule has 8 nitrogen and oxygen atoms in total. The van der Waals surface area contributed by atoms with E-state index in [-0.39, 0.29) is 24.6 Å². The maximum absolute atomic E-state index is 11.5. The summed E-state index contributed by atoms with van der Waals surface area (Å²) in [5.41, 5.74) is 0. The third-order valence-corrected chi connectivity index (χ3v) is 4.24. The van der Waals surface area contributed by atoms with Gasteiger partial charge in [-0.1, -0.05) is 6.92 Å². The standard InChI is InChI=1S/C12H22N2O6S/c1-8(21(3)19)6-7-13-12(18)14-9(11(16)17)4-5-10(15)20-2/h8-9H,4-7H2,1-3H3,(H,16,17)(H2,13,14,18)/t8?,9-,21?/m0/s1. The zero-order valence-electron chi connectivity index (χ0n) is 12.4. The number of methoxy groups -OCH3 is 1. The quantitative estimate of drug-likeness (QED) is 0.507. The number of urea groups is 1. The number of ether oxygens (including phenoxy) is 1. The fourth-order valence-electron chi connectivity index (χ4n) is 1.39. The number of esters is 1. The smallest absolute Gasteiger partial charge is 0.326 e. The summed E-state index contributed by atoms with van der Waals surface area (Å²) in [6, 6.07) is -1.80. The van der Waals surface area contributed by atoms with E-state index in [4.69, 9.17) is 5.11 Å². The second-order valence-corrected chi connectivity index (χ2v) is 6.31. The van der Waals surface area contributed by atoms with E-state index in [0.29, 0.717) is 6.42 Å². The monoisotopic (exact) mass is 322 g/mol. The molecule has 2 amide bonds. The number of carboxylic acid groups (broad SMARTS) is 1. The molecule has 122 valence electrons. The van der Waals surface area contributed by atoms with Crippen LogP contribution in [-0.2, 0) is 25.1 Å². The third kappa shape index (κ3) is 9.01. The average molecular weight is 322 g/mol. The van der Waals surface area contributed by atoms with Gasteiger partial charge in [-0.05, 0) is 12.8 Å². The van der Waals surface area contributed by atoms with E-state index in [1.807, 2.05) is 0 Å². The van der Waals surface area contributed by atoms with E-state index < -0.39 is 34.8 Å². The van der Waals surface area contributed by atoms with Crippen LogP contribution < -0.4 is 10.6 Å². The van der Waals surface area contributed by atoms with Crippen LogP contribution >= 0.6 is 0 Å². The number of carboxylic acids is 1. The fourth-order valence-corrected chi connectivity index (χ4v) is 1.84. The van der Waals surface area contributed by atoms with E-state index in [0.717, 1.165) is 0 Å². The summed E-state index contributed by atoms with van der Waals surface area (Å²) in [6.45, 7) is 2.09. The first-order valence-electron chi connectivity index (χ1n) is 6.44. The number of rotatable bonds is 9. The molecule has 0 aliphatic rings. The van der Waals surface area contributed by atoms with Crippen LogP contribution in [-0.4, -0.2) is 58.5 Å². The van der Waals surface area contributed by atoms with Gasteiger partial charge in [0.2, 0.25) is 0 Å². The van der Waals surface area contributed by atoms with Crippen molar-refractivity contribution in [3.8, 4) is 0 Å². The van der Waals surface area contributed by atoms with Gasteiger partial charge in [0.05, 0.1) is 7.11 Å². The van der Waals surface area contributed by atoms with E-state index >= 15 is 0 Å². The predicted octanol–water partition coefficient (Wildman–Crippen LogP) is -0.151. The van der Waals surface area contributed by atoms with Crippen molar-refractivity contribution >= 4 is 28.8 Å². The Morgan fingerprint density at radius 1 is 1.29 bits per heavy atom. The molecule has 0 bridgehead atoms. The Hall–Kier alpha value is -1.64. The number of aliphatic carboxylic acids is 1. The lowest BCUT2D eigenvalue weighted by Gasteiger charge is -2.15. The van der Waals surface area contributed by atoms with Crippen molar-refractivity contribution in [1.29, 1.82) is 0 Å². The van der Waals surface area contributed by atoms with Crippen molar-refractivity contribution in [1.82, 2.24) is 10.6 Å². The molecule has 9 heteroatoms. The van der Waals surface area contributed by atoms with Crippen LogP contribution in [0.3, 0.4) is 0 Å². The first kappa shape index (κ1) is 19.4. The summed E-state index contributed by atoms with van der Waals surface area (Å²) in [4.78, 5) is 33.5. The van der Waals surface area contributed by atoms with Crippen LogP contribution in [0.5, 0.6) is 0 Å². The van der Waals surface area contributed by atoms with Gasteiger partial charge in [-0.25, -0.2) is 9.59 Å². The summed E-state index contributed by atoms with van der Waals surface area (Å²) < 4.78 is 15.5. The van der Waals surface area contributed by atoms with Crippen LogP contribution in [0, 0.1) is 0 Å². The van der Waals surface area contributed by atoms with Crippen LogP contribution in [0.15, 0.2) is 0 Å². The molecule has 0 rings (SSSR count). The van der Waals surface area contributed by atoms with Crippen molar-refractivity contribution in [2.24, 2.45) is 0 Å². The molecule has 3 atom stereocenters. The summed E-state index contributed by atoms with van der Waals surface area (Å²) in [5.74, 6) is -1.76. The van der Waals surface area contributed by atoms with Gasteiger partial charge in [-0.15, -0.1) is 0 Å². The molecule has 0 aromatic carbocycles. The van der Waals surface area contributed by atoms with Gasteiger partial charge in [0.1, 0.15) is 6.04 Å². The third-order valence-electron chi connectivity index (χ3n) is 2.87. The Morgan fingerprint density at radius 3 is 2.38 bits per heavy atom. The molecular formula is C12H22N2O6S. The molecular weight excluding hydrogens is 300 g/mol. The van der Waals surface area contributed by atoms with E-state index in [1.165, 1.54) is 7.11 Å². The van der Waals surface area contributed by atoms with Gasteiger partial charge >= 0.3 is 18.0 Å². The number of hydrogen-bond acceptors (Lipinski definition) is 5. The van der Waals surface area contributed by atoms with Crippen LogP contribution in [0.25, 0.3) is 0 Å². The molecule has 0 heterocycles. The Morgan fingerprint density at radius 2 is 1.90 bits per heavy atom. The summed E-state index contributed by atoms with van der Waals surface area (Å²) in [5, 5.41) is 13.7. The van der Waals surface area contributed by atoms with Crippen LogP contribution in [0.4, 0.5) is 4.79 Å². The normalized spacial score (nSPS) is 14.6. The lowest BCUT2D eigenvalue weighted by Crippen LogP contribution is -2.46. The van der Waals surface area contributed by atoms with Crippen molar-refractivity contribution < 1.29 is 28.4 Å². The number of nitrogens with one attached hydrogen (secondary N) is 2. The second-order valence-electron chi connectivity index (χ2n) is 4.50. The summed E-state index contributed by atoms with van der Waals surface area (Å²) in [6.07, 6.45) is 1.96. The van der Waals surface area contributed by atoms with Gasteiger partial charge in [0, 0.05) is 35.3 Å². The van der Waals surface area contributed by atoms with Crippen LogP contribution in [0.1, 0.15) is 26.2 Å². The predicted molar refractivity (Wildman–Crippen MR) is 77.4 cm³/mol. The second kappa shape index (κ2) is 10.1. The van der Waals surface area contributed by atoms with Crippen molar-refractivity contribution in [3.05, 3.63) is 0 Å². The van der Waals surface area contributed by atoms with Gasteiger partial charge in [-0.2, -0.15) is 0 Å². The van der Waals surface area contributed by atoms with Crippen molar-refractivity contribution in [2.75, 3.05) is 19.9 Å². The molecule has 0 saturated heterocycles. The Balaban J connectivity index is 4.14. The molecule has 0 spiro atoms. The summed E-state index contributed by atoms with van der Waals surface area (Å²) in [7, 11) is 0.236. The minimum atomic E-state index is -1.22. The van der Waals surface area contributed by atoms with Crippen molar-refractivity contribution in [2.45, 2.75) is 37.5 Å². The zero-order valence-corrected chi connectivity index (χ0v) is 13.2. The fraction of sp³-hybridized carbons (Fsp3) is 0.750. The first-order valence-corrected chi connectivity index (χ1v) is 8.06. The average Bonchev–Trinajstić information content (AvgIpc) is 2.42. The topological polar surface area (TPSA) is 122 Å². The molecule has 0 fully saturated rings. The minimum Gasteiger partial charge on any atom is -0.480 e. The van der Waals surface area contributed by atoms with E-state index in [2.05, 4.69) is 15.4 Å². The molecule has 2 unspecified atom stereocenters. The van der Waals surface area contributed by atoms with Gasteiger partial charge in [0.15, 0.2) is 0 Å². The molecule has 21 heavy (non-hydrogen) atoms. The molecule has 0 saturated carbocycles. The Labute approximate surface area is 126 Å². The van der Waals surface area contributed by atoms with Gasteiger partial charge in [0.25, 0.3) is 0 Å². The maximum atomic E-state index is 11.5. The molecule has 0 radical (unpaired) electrons. The molecule has 0 aliphatic carbocycles. The maximum Gasteiger partial charge on any atom is 0.326 e. The van der Waals surface area contributed by atoms with Gasteiger partial charge < -0.3 is 20.5 Å². The molecule has 0 aromatic heterocycles. The lowest BCUT2D eigenvalue weighted by molar-refractivity contribution is -0.142. The highest BCUT2D eigenvalue weighted by atomic mass is 32.2. The molecule has 0 aromatic rings. The number of carbonyl (C=O) groups excluding carboxylic acids is 2. The number of amides is 2. The lowest BCUT2D eigenvalue weighted by atomic mass is 10.1. The highest BCUT2D eigenvalue weighted by molar-refractivity contribution is 7.84. The number of carbonyl (C=O) groups is 3. The Kier molecular flexibility index (Phi) is 9.35.